The minimum Gasteiger partial charge on any atom is -0.448 e. The Morgan fingerprint density at radius 1 is 1.56 bits per heavy atom. The van der Waals surface area contributed by atoms with Crippen molar-refractivity contribution in [3.05, 3.63) is 0 Å². The monoisotopic (exact) mass is 134 g/mol. The predicted molar refractivity (Wildman–Crippen MR) is 26.1 cm³/mol. The molecule has 0 bridgehead atoms. The van der Waals surface area contributed by atoms with Gasteiger partial charge >= 0.3 is 6.16 Å². The van der Waals surface area contributed by atoms with E-state index in [4.69, 9.17) is 5.11 Å². The SMILES string of the molecule is CC(=O)NNOC(=O)O. The Morgan fingerprint density at radius 2 is 2.11 bits per heavy atom. The molecule has 3 N–H and O–H groups in total. The van der Waals surface area contributed by atoms with Crippen molar-refractivity contribution < 1.29 is 19.5 Å². The summed E-state index contributed by atoms with van der Waals surface area (Å²) in [5.74, 6) is -0.434. The molecular formula is C3H6N2O4. The molecule has 6 heteroatoms. The molecule has 0 radical (unpaired) electrons. The van der Waals surface area contributed by atoms with Crippen LogP contribution in [0, 0.1) is 0 Å². The molecule has 0 aliphatic rings. The summed E-state index contributed by atoms with van der Waals surface area (Å²) >= 11 is 0. The van der Waals surface area contributed by atoms with E-state index in [9.17, 15) is 9.59 Å². The number of carbonyl (C=O) groups is 2. The molecule has 0 aromatic carbocycles. The van der Waals surface area contributed by atoms with E-state index in [2.05, 4.69) is 4.84 Å². The number of carbonyl (C=O) groups excluding carboxylic acids is 1. The van der Waals surface area contributed by atoms with Crippen LogP contribution in [-0.2, 0) is 9.63 Å². The van der Waals surface area contributed by atoms with Crippen LogP contribution in [-0.4, -0.2) is 17.2 Å². The van der Waals surface area contributed by atoms with Gasteiger partial charge in [-0.2, -0.15) is 0 Å². The molecular weight excluding hydrogens is 128 g/mol. The molecule has 52 valence electrons. The molecule has 0 aromatic rings. The Balaban J connectivity index is 3.10. The van der Waals surface area contributed by atoms with Gasteiger partial charge in [0.25, 0.3) is 0 Å². The van der Waals surface area contributed by atoms with Crippen molar-refractivity contribution in [2.45, 2.75) is 6.92 Å². The van der Waals surface area contributed by atoms with Crippen molar-refractivity contribution >= 4 is 12.1 Å². The van der Waals surface area contributed by atoms with Crippen LogP contribution in [0.15, 0.2) is 0 Å². The first-order chi connectivity index (χ1) is 4.13. The topological polar surface area (TPSA) is 87.7 Å². The fraction of sp³-hybridized carbons (Fsp3) is 0.333. The van der Waals surface area contributed by atoms with Crippen molar-refractivity contribution in [3.8, 4) is 0 Å². The molecule has 0 saturated heterocycles. The van der Waals surface area contributed by atoms with Gasteiger partial charge in [-0.05, 0) is 0 Å². The lowest BCUT2D eigenvalue weighted by atomic mass is 10.8. The van der Waals surface area contributed by atoms with E-state index in [1.807, 2.05) is 5.43 Å². The highest BCUT2D eigenvalue weighted by Crippen LogP contribution is 1.63. The summed E-state index contributed by atoms with van der Waals surface area (Å²) in [6.45, 7) is 1.21. The Labute approximate surface area is 50.7 Å². The molecule has 0 spiro atoms. The van der Waals surface area contributed by atoms with E-state index in [1.165, 1.54) is 6.92 Å². The highest BCUT2D eigenvalue weighted by Gasteiger charge is 1.93. The number of rotatable bonds is 2. The van der Waals surface area contributed by atoms with Crippen LogP contribution in [0.2, 0.25) is 0 Å². The molecule has 0 aliphatic heterocycles. The number of hydrogen-bond donors (Lipinski definition) is 3. The van der Waals surface area contributed by atoms with Crippen LogP contribution < -0.4 is 11.0 Å². The maximum Gasteiger partial charge on any atom is 0.526 e. The van der Waals surface area contributed by atoms with Gasteiger partial charge in [-0.1, -0.05) is 5.59 Å². The minimum atomic E-state index is -1.51. The zero-order valence-electron chi connectivity index (χ0n) is 4.67. The van der Waals surface area contributed by atoms with Crippen LogP contribution in [0.1, 0.15) is 6.92 Å². The highest BCUT2D eigenvalue weighted by molar-refractivity contribution is 5.72. The van der Waals surface area contributed by atoms with Crippen LogP contribution in [0.25, 0.3) is 0 Å². The molecule has 0 aromatic heterocycles. The van der Waals surface area contributed by atoms with Crippen molar-refractivity contribution in [1.82, 2.24) is 11.0 Å². The number of amides is 1. The maximum atomic E-state index is 9.98. The summed E-state index contributed by atoms with van der Waals surface area (Å²) in [4.78, 5) is 23.2. The Hall–Kier alpha value is -1.30. The lowest BCUT2D eigenvalue weighted by Crippen LogP contribution is -2.36. The smallest absolute Gasteiger partial charge is 0.448 e. The number of nitrogens with one attached hydrogen (secondary N) is 2. The second-order valence-corrected chi connectivity index (χ2v) is 1.15. The summed E-state index contributed by atoms with van der Waals surface area (Å²) in [5, 5.41) is 7.79. The maximum absolute atomic E-state index is 9.98. The van der Waals surface area contributed by atoms with Crippen LogP contribution >= 0.6 is 0 Å². The Kier molecular flexibility index (Phi) is 3.14. The molecule has 0 atom stereocenters. The van der Waals surface area contributed by atoms with Crippen molar-refractivity contribution in [2.24, 2.45) is 0 Å². The molecule has 0 aliphatic carbocycles. The first kappa shape index (κ1) is 7.70. The molecule has 0 fully saturated rings. The molecule has 0 saturated carbocycles. The zero-order chi connectivity index (χ0) is 7.28. The first-order valence-electron chi connectivity index (χ1n) is 2.04. The third-order valence-corrected chi connectivity index (χ3v) is 0.365. The largest absolute Gasteiger partial charge is 0.526 e. The normalized spacial score (nSPS) is 8.11. The van der Waals surface area contributed by atoms with E-state index in [0.717, 1.165) is 0 Å². The fourth-order valence-electron chi connectivity index (χ4n) is 0.141. The van der Waals surface area contributed by atoms with Crippen molar-refractivity contribution in [3.63, 3.8) is 0 Å². The van der Waals surface area contributed by atoms with E-state index in [-0.39, 0.29) is 0 Å². The third-order valence-electron chi connectivity index (χ3n) is 0.365. The summed E-state index contributed by atoms with van der Waals surface area (Å²) < 4.78 is 0. The zero-order valence-corrected chi connectivity index (χ0v) is 4.67. The van der Waals surface area contributed by atoms with Gasteiger partial charge in [-0.15, -0.1) is 0 Å². The molecule has 0 rings (SSSR count). The van der Waals surface area contributed by atoms with Crippen LogP contribution in [0.5, 0.6) is 0 Å². The van der Waals surface area contributed by atoms with Crippen LogP contribution in [0.4, 0.5) is 4.79 Å². The first-order valence-corrected chi connectivity index (χ1v) is 2.04. The highest BCUT2D eigenvalue weighted by atomic mass is 16.8. The van der Waals surface area contributed by atoms with Crippen LogP contribution in [0.3, 0.4) is 0 Å². The quantitative estimate of drug-likeness (QED) is 0.432. The second kappa shape index (κ2) is 3.67. The van der Waals surface area contributed by atoms with Gasteiger partial charge < -0.3 is 9.94 Å². The molecule has 9 heavy (non-hydrogen) atoms. The number of hydrogen-bond acceptors (Lipinski definition) is 4. The Bertz CT molecular complexity index is 109. The standard InChI is InChI=1S/C3H6N2O4/c1-2(6)4-5-9-3(7)8/h5H,1H3,(H,4,6)(H,7,8). The van der Waals surface area contributed by atoms with Crippen molar-refractivity contribution in [1.29, 1.82) is 0 Å². The fourth-order valence-corrected chi connectivity index (χ4v) is 0.141. The minimum absolute atomic E-state index is 0.434. The average Bonchev–Trinajstić information content (AvgIpc) is 1.63. The molecule has 1 amide bonds. The van der Waals surface area contributed by atoms with Crippen molar-refractivity contribution in [2.75, 3.05) is 0 Å². The summed E-state index contributed by atoms with van der Waals surface area (Å²) in [5.41, 5.74) is 3.57. The molecule has 0 heterocycles. The summed E-state index contributed by atoms with van der Waals surface area (Å²) in [7, 11) is 0. The van der Waals surface area contributed by atoms with Gasteiger partial charge in [0, 0.05) is 6.92 Å². The van der Waals surface area contributed by atoms with Gasteiger partial charge in [0.15, 0.2) is 0 Å². The summed E-state index contributed by atoms with van der Waals surface area (Å²) in [6.07, 6.45) is -1.51. The lowest BCUT2D eigenvalue weighted by molar-refractivity contribution is -0.123. The van der Waals surface area contributed by atoms with E-state index in [0.29, 0.717) is 0 Å². The van der Waals surface area contributed by atoms with E-state index >= 15 is 0 Å². The third kappa shape index (κ3) is 6.70. The molecule has 0 unspecified atom stereocenters. The molecule has 6 nitrogen and oxygen atoms in total. The second-order valence-electron chi connectivity index (χ2n) is 1.15. The average molecular weight is 134 g/mol. The van der Waals surface area contributed by atoms with E-state index < -0.39 is 12.1 Å². The predicted octanol–water partition coefficient (Wildman–Crippen LogP) is -0.763. The van der Waals surface area contributed by atoms with Gasteiger partial charge in [0.1, 0.15) is 0 Å². The Morgan fingerprint density at radius 3 is 2.44 bits per heavy atom. The van der Waals surface area contributed by atoms with Gasteiger partial charge in [0.05, 0.1) is 0 Å². The van der Waals surface area contributed by atoms with Gasteiger partial charge in [0.2, 0.25) is 5.91 Å². The van der Waals surface area contributed by atoms with Gasteiger partial charge in [-0.25, -0.2) is 4.79 Å². The lowest BCUT2D eigenvalue weighted by Gasteiger charge is -1.99. The van der Waals surface area contributed by atoms with Gasteiger partial charge in [-0.3, -0.25) is 10.2 Å². The van der Waals surface area contributed by atoms with E-state index in [1.54, 1.807) is 5.59 Å². The number of carboxylic acid groups (broad SMARTS) is 1. The number of hydrazine groups is 1. The summed E-state index contributed by atoms with van der Waals surface area (Å²) in [6, 6.07) is 0.